The van der Waals surface area contributed by atoms with Crippen molar-refractivity contribution in [3.63, 3.8) is 0 Å². The van der Waals surface area contributed by atoms with E-state index in [1.165, 1.54) is 29.2 Å². The Labute approximate surface area is 221 Å². The molecule has 0 aromatic heterocycles. The Kier molecular flexibility index (Phi) is 10.1. The summed E-state index contributed by atoms with van der Waals surface area (Å²) in [7, 11) is 0. The lowest BCUT2D eigenvalue weighted by Crippen LogP contribution is -2.53. The second kappa shape index (κ2) is 13.3. The average Bonchev–Trinajstić information content (AvgIpc) is 2.88. The molecule has 0 radical (unpaired) electrons. The van der Waals surface area contributed by atoms with E-state index in [0.29, 0.717) is 27.8 Å². The number of rotatable bonds is 11. The van der Waals surface area contributed by atoms with Gasteiger partial charge in [-0.3, -0.25) is 9.59 Å². The number of nitrogens with one attached hydrogen (secondary N) is 1. The Morgan fingerprint density at radius 3 is 2.31 bits per heavy atom. The lowest BCUT2D eigenvalue weighted by Gasteiger charge is -2.32. The Morgan fingerprint density at radius 2 is 1.67 bits per heavy atom. The zero-order chi connectivity index (χ0) is 26.1. The quantitative estimate of drug-likeness (QED) is 0.327. The van der Waals surface area contributed by atoms with Gasteiger partial charge < -0.3 is 15.0 Å². The Morgan fingerprint density at radius 1 is 0.972 bits per heavy atom. The molecule has 190 valence electrons. The van der Waals surface area contributed by atoms with E-state index in [9.17, 15) is 14.0 Å². The summed E-state index contributed by atoms with van der Waals surface area (Å²) >= 11 is 12.3. The van der Waals surface area contributed by atoms with Crippen molar-refractivity contribution in [2.24, 2.45) is 0 Å². The summed E-state index contributed by atoms with van der Waals surface area (Å²) in [5, 5.41) is 3.76. The molecule has 5 nitrogen and oxygen atoms in total. The summed E-state index contributed by atoms with van der Waals surface area (Å²) in [5.41, 5.74) is 1.63. The van der Waals surface area contributed by atoms with Crippen molar-refractivity contribution in [3.8, 4) is 5.75 Å². The molecule has 0 heterocycles. The van der Waals surface area contributed by atoms with Crippen molar-refractivity contribution in [1.29, 1.82) is 0 Å². The van der Waals surface area contributed by atoms with Gasteiger partial charge in [-0.1, -0.05) is 66.5 Å². The van der Waals surface area contributed by atoms with E-state index < -0.39 is 17.8 Å². The molecule has 2 amide bonds. The predicted molar refractivity (Wildman–Crippen MR) is 141 cm³/mol. The second-order valence-electron chi connectivity index (χ2n) is 8.54. The average molecular weight is 531 g/mol. The Balaban J connectivity index is 1.92. The molecular formula is C28H29Cl2FN2O3. The molecule has 0 aliphatic carbocycles. The topological polar surface area (TPSA) is 58.6 Å². The number of amides is 2. The van der Waals surface area contributed by atoms with Crippen LogP contribution in [0.1, 0.15) is 31.4 Å². The van der Waals surface area contributed by atoms with Gasteiger partial charge in [-0.2, -0.15) is 0 Å². The van der Waals surface area contributed by atoms with Crippen LogP contribution in [0.2, 0.25) is 10.0 Å². The first-order valence-electron chi connectivity index (χ1n) is 11.7. The number of halogens is 3. The smallest absolute Gasteiger partial charge is 0.261 e. The molecule has 0 aliphatic heterocycles. The third-order valence-electron chi connectivity index (χ3n) is 5.79. The highest BCUT2D eigenvalue weighted by Crippen LogP contribution is 2.24. The van der Waals surface area contributed by atoms with Crippen molar-refractivity contribution < 1.29 is 18.7 Å². The van der Waals surface area contributed by atoms with Gasteiger partial charge in [0.05, 0.1) is 10.0 Å². The van der Waals surface area contributed by atoms with Crippen LogP contribution >= 0.6 is 23.2 Å². The summed E-state index contributed by atoms with van der Waals surface area (Å²) in [6.45, 7) is 3.69. The molecule has 0 aliphatic rings. The van der Waals surface area contributed by atoms with E-state index >= 15 is 0 Å². The fourth-order valence-electron chi connectivity index (χ4n) is 3.59. The molecule has 3 rings (SSSR count). The molecule has 3 aromatic rings. The highest BCUT2D eigenvalue weighted by Gasteiger charge is 2.31. The van der Waals surface area contributed by atoms with E-state index in [-0.39, 0.29) is 25.1 Å². The third kappa shape index (κ3) is 7.97. The first kappa shape index (κ1) is 27.5. The van der Waals surface area contributed by atoms with Gasteiger partial charge in [0, 0.05) is 19.0 Å². The van der Waals surface area contributed by atoms with Gasteiger partial charge in [0.1, 0.15) is 17.6 Å². The van der Waals surface area contributed by atoms with Gasteiger partial charge in [0.2, 0.25) is 5.91 Å². The van der Waals surface area contributed by atoms with Crippen LogP contribution in [-0.4, -0.2) is 35.4 Å². The monoisotopic (exact) mass is 530 g/mol. The molecule has 1 N–H and O–H groups in total. The summed E-state index contributed by atoms with van der Waals surface area (Å²) in [6, 6.07) is 19.1. The van der Waals surface area contributed by atoms with E-state index in [2.05, 4.69) is 5.32 Å². The minimum atomic E-state index is -0.805. The van der Waals surface area contributed by atoms with Crippen molar-refractivity contribution >= 4 is 35.0 Å². The van der Waals surface area contributed by atoms with Crippen molar-refractivity contribution in [1.82, 2.24) is 10.2 Å². The maximum atomic E-state index is 13.5. The molecular weight excluding hydrogens is 502 g/mol. The molecule has 0 saturated heterocycles. The zero-order valence-electron chi connectivity index (χ0n) is 20.2. The predicted octanol–water partition coefficient (Wildman–Crippen LogP) is 6.07. The van der Waals surface area contributed by atoms with Crippen LogP contribution < -0.4 is 10.1 Å². The van der Waals surface area contributed by atoms with Crippen molar-refractivity contribution in [2.45, 2.75) is 45.3 Å². The van der Waals surface area contributed by atoms with Crippen LogP contribution in [0.25, 0.3) is 0 Å². The number of carbonyl (C=O) groups is 2. The zero-order valence-corrected chi connectivity index (χ0v) is 21.7. The second-order valence-corrected chi connectivity index (χ2v) is 9.35. The summed E-state index contributed by atoms with van der Waals surface area (Å²) in [6.07, 6.45) is 1.06. The number of hydrogen-bond acceptors (Lipinski definition) is 3. The number of ether oxygens (including phenoxy) is 1. The van der Waals surface area contributed by atoms with Crippen molar-refractivity contribution in [3.05, 3.63) is 99.8 Å². The molecule has 0 bridgehead atoms. The largest absolute Gasteiger partial charge is 0.484 e. The Bertz CT molecular complexity index is 1160. The molecule has 2 atom stereocenters. The van der Waals surface area contributed by atoms with Crippen LogP contribution in [0.5, 0.6) is 5.75 Å². The van der Waals surface area contributed by atoms with Gasteiger partial charge >= 0.3 is 0 Å². The SMILES string of the molecule is CC[C@@H](C)NC(=O)[C@H](Cc1ccccc1)N(Cc1ccc(Cl)c(Cl)c1)C(=O)COc1ccc(F)cc1. The highest BCUT2D eigenvalue weighted by molar-refractivity contribution is 6.42. The lowest BCUT2D eigenvalue weighted by atomic mass is 10.0. The van der Waals surface area contributed by atoms with E-state index in [0.717, 1.165) is 12.0 Å². The van der Waals surface area contributed by atoms with Crippen LogP contribution in [0.3, 0.4) is 0 Å². The third-order valence-corrected chi connectivity index (χ3v) is 6.52. The first-order valence-corrected chi connectivity index (χ1v) is 12.5. The van der Waals surface area contributed by atoms with Crippen LogP contribution in [0.15, 0.2) is 72.8 Å². The molecule has 8 heteroatoms. The molecule has 36 heavy (non-hydrogen) atoms. The lowest BCUT2D eigenvalue weighted by molar-refractivity contribution is -0.143. The molecule has 0 fully saturated rings. The minimum Gasteiger partial charge on any atom is -0.484 e. The highest BCUT2D eigenvalue weighted by atomic mass is 35.5. The Hall–Kier alpha value is -3.09. The maximum Gasteiger partial charge on any atom is 0.261 e. The van der Waals surface area contributed by atoms with Crippen LogP contribution in [0.4, 0.5) is 4.39 Å². The fraction of sp³-hybridized carbons (Fsp3) is 0.286. The molecule has 0 unspecified atom stereocenters. The summed E-state index contributed by atoms with van der Waals surface area (Å²) in [4.78, 5) is 28.5. The summed E-state index contributed by atoms with van der Waals surface area (Å²) < 4.78 is 18.9. The van der Waals surface area contributed by atoms with Crippen LogP contribution in [-0.2, 0) is 22.6 Å². The fourth-order valence-corrected chi connectivity index (χ4v) is 3.91. The first-order chi connectivity index (χ1) is 17.3. The summed E-state index contributed by atoms with van der Waals surface area (Å²) in [5.74, 6) is -0.712. The minimum absolute atomic E-state index is 0.0619. The van der Waals surface area contributed by atoms with Gasteiger partial charge in [-0.15, -0.1) is 0 Å². The normalized spacial score (nSPS) is 12.5. The van der Waals surface area contributed by atoms with E-state index in [1.807, 2.05) is 44.2 Å². The molecule has 0 spiro atoms. The van der Waals surface area contributed by atoms with Gasteiger partial charge in [0.15, 0.2) is 6.61 Å². The number of nitrogens with zero attached hydrogens (tertiary/aromatic N) is 1. The van der Waals surface area contributed by atoms with Crippen LogP contribution in [0, 0.1) is 5.82 Å². The van der Waals surface area contributed by atoms with Crippen molar-refractivity contribution in [2.75, 3.05) is 6.61 Å². The number of hydrogen-bond donors (Lipinski definition) is 1. The van der Waals surface area contributed by atoms with Gasteiger partial charge in [-0.25, -0.2) is 4.39 Å². The maximum absolute atomic E-state index is 13.5. The number of benzene rings is 3. The van der Waals surface area contributed by atoms with E-state index in [4.69, 9.17) is 27.9 Å². The number of carbonyl (C=O) groups excluding carboxylic acids is 2. The molecule has 0 saturated carbocycles. The van der Waals surface area contributed by atoms with E-state index in [1.54, 1.807) is 18.2 Å². The standard InChI is InChI=1S/C28H29Cl2FN2O3/c1-3-19(2)32-28(35)26(16-20-7-5-4-6-8-20)33(17-21-9-14-24(29)25(30)15-21)27(34)18-36-23-12-10-22(31)11-13-23/h4-15,19,26H,3,16-18H2,1-2H3,(H,32,35)/t19-,26+/m1/s1. The van der Waals surface area contributed by atoms with Gasteiger partial charge in [0.25, 0.3) is 5.91 Å². The van der Waals surface area contributed by atoms with Gasteiger partial charge in [-0.05, 0) is 60.9 Å². The molecule has 3 aromatic carbocycles.